The van der Waals surface area contributed by atoms with Crippen LogP contribution in [0.15, 0.2) is 22.7 Å². The number of benzene rings is 1. The first-order valence-corrected chi connectivity index (χ1v) is 6.87. The maximum absolute atomic E-state index is 5.23. The van der Waals surface area contributed by atoms with Crippen molar-refractivity contribution in [3.8, 4) is 5.75 Å². The molecule has 17 heavy (non-hydrogen) atoms. The van der Waals surface area contributed by atoms with Gasteiger partial charge in [-0.15, -0.1) is 0 Å². The van der Waals surface area contributed by atoms with Gasteiger partial charge >= 0.3 is 0 Å². The van der Waals surface area contributed by atoms with Crippen molar-refractivity contribution in [1.29, 1.82) is 0 Å². The van der Waals surface area contributed by atoms with Crippen molar-refractivity contribution in [3.05, 3.63) is 28.2 Å². The van der Waals surface area contributed by atoms with Gasteiger partial charge in [-0.1, -0.05) is 26.3 Å². The Morgan fingerprint density at radius 3 is 2.65 bits per heavy atom. The summed E-state index contributed by atoms with van der Waals surface area (Å²) in [5, 5.41) is 0. The van der Waals surface area contributed by atoms with Crippen LogP contribution < -0.4 is 4.74 Å². The molecule has 0 fully saturated rings. The molecule has 0 aromatic heterocycles. The molecule has 0 radical (unpaired) electrons. The molecule has 1 aromatic carbocycles. The third kappa shape index (κ3) is 4.68. The molecule has 0 aliphatic rings. The Hall–Kier alpha value is -0.540. The third-order valence-electron chi connectivity index (χ3n) is 2.99. The molecule has 0 aliphatic carbocycles. The number of nitrogens with zero attached hydrogens (tertiary/aromatic N) is 1. The van der Waals surface area contributed by atoms with Crippen LogP contribution in [0, 0.1) is 5.92 Å². The van der Waals surface area contributed by atoms with Gasteiger partial charge in [0.15, 0.2) is 0 Å². The highest BCUT2D eigenvalue weighted by Gasteiger charge is 2.07. The molecule has 1 unspecified atom stereocenters. The lowest BCUT2D eigenvalue weighted by molar-refractivity contribution is 0.275. The Labute approximate surface area is 113 Å². The first kappa shape index (κ1) is 14.5. The fourth-order valence-electron chi connectivity index (χ4n) is 1.85. The number of methoxy groups -OCH3 is 1. The van der Waals surface area contributed by atoms with Crippen LogP contribution >= 0.6 is 15.9 Å². The molecule has 1 aromatic rings. The van der Waals surface area contributed by atoms with Gasteiger partial charge in [0.05, 0.1) is 11.6 Å². The molecule has 1 rings (SSSR count). The summed E-state index contributed by atoms with van der Waals surface area (Å²) in [7, 11) is 3.86. The van der Waals surface area contributed by atoms with Gasteiger partial charge in [0, 0.05) is 13.1 Å². The summed E-state index contributed by atoms with van der Waals surface area (Å²) >= 11 is 3.52. The number of hydrogen-bond donors (Lipinski definition) is 0. The highest BCUT2D eigenvalue weighted by atomic mass is 79.9. The number of hydrogen-bond acceptors (Lipinski definition) is 2. The van der Waals surface area contributed by atoms with Gasteiger partial charge in [-0.25, -0.2) is 0 Å². The zero-order valence-corrected chi connectivity index (χ0v) is 12.8. The molecule has 0 N–H and O–H groups in total. The van der Waals surface area contributed by atoms with Gasteiger partial charge in [0.25, 0.3) is 0 Å². The number of halogens is 1. The smallest absolute Gasteiger partial charge is 0.133 e. The zero-order valence-electron chi connectivity index (χ0n) is 11.2. The minimum absolute atomic E-state index is 0.752. The van der Waals surface area contributed by atoms with Crippen molar-refractivity contribution in [1.82, 2.24) is 4.90 Å². The molecule has 3 heteroatoms. The molecule has 0 spiro atoms. The molecule has 96 valence electrons. The SMILES string of the molecule is CCC(C)CN(C)Cc1ccc(OC)c(Br)c1. The van der Waals surface area contributed by atoms with E-state index in [1.54, 1.807) is 7.11 Å². The number of rotatable bonds is 6. The lowest BCUT2D eigenvalue weighted by atomic mass is 10.1. The Morgan fingerprint density at radius 2 is 2.12 bits per heavy atom. The summed E-state index contributed by atoms with van der Waals surface area (Å²) < 4.78 is 6.25. The van der Waals surface area contributed by atoms with Crippen molar-refractivity contribution < 1.29 is 4.74 Å². The van der Waals surface area contributed by atoms with Crippen molar-refractivity contribution in [2.75, 3.05) is 20.7 Å². The molecule has 0 aliphatic heterocycles. The maximum atomic E-state index is 5.23. The minimum Gasteiger partial charge on any atom is -0.496 e. The van der Waals surface area contributed by atoms with E-state index in [2.05, 4.69) is 53.9 Å². The molecule has 1 atom stereocenters. The predicted molar refractivity (Wildman–Crippen MR) is 76.5 cm³/mol. The van der Waals surface area contributed by atoms with Gasteiger partial charge in [0.1, 0.15) is 5.75 Å². The summed E-state index contributed by atoms with van der Waals surface area (Å²) in [6, 6.07) is 6.26. The van der Waals surface area contributed by atoms with Crippen LogP contribution in [0.25, 0.3) is 0 Å². The summed E-state index contributed by atoms with van der Waals surface area (Å²) in [5.74, 6) is 1.64. The Morgan fingerprint density at radius 1 is 1.41 bits per heavy atom. The standard InChI is InChI=1S/C14H22BrNO/c1-5-11(2)9-16(3)10-12-6-7-14(17-4)13(15)8-12/h6-8,11H,5,9-10H2,1-4H3. The number of ether oxygens (including phenoxy) is 1. The van der Waals surface area contributed by atoms with Crippen LogP contribution in [0.4, 0.5) is 0 Å². The van der Waals surface area contributed by atoms with E-state index in [-0.39, 0.29) is 0 Å². The van der Waals surface area contributed by atoms with Crippen LogP contribution in [0.5, 0.6) is 5.75 Å². The molecule has 0 heterocycles. The van der Waals surface area contributed by atoms with E-state index in [1.165, 1.54) is 12.0 Å². The summed E-state index contributed by atoms with van der Waals surface area (Å²) in [6.07, 6.45) is 1.23. The van der Waals surface area contributed by atoms with E-state index in [0.29, 0.717) is 0 Å². The maximum Gasteiger partial charge on any atom is 0.133 e. The van der Waals surface area contributed by atoms with E-state index in [9.17, 15) is 0 Å². The van der Waals surface area contributed by atoms with Gasteiger partial charge in [-0.05, 0) is 46.6 Å². The van der Waals surface area contributed by atoms with E-state index in [1.807, 2.05) is 6.07 Å². The molecular weight excluding hydrogens is 278 g/mol. The summed E-state index contributed by atoms with van der Waals surface area (Å²) in [4.78, 5) is 2.36. The Balaban J connectivity index is 2.59. The third-order valence-corrected chi connectivity index (χ3v) is 3.61. The summed E-state index contributed by atoms with van der Waals surface area (Å²) in [5.41, 5.74) is 1.31. The largest absolute Gasteiger partial charge is 0.496 e. The Bertz CT molecular complexity index is 354. The van der Waals surface area contributed by atoms with Crippen LogP contribution in [-0.2, 0) is 6.54 Å². The molecule has 2 nitrogen and oxygen atoms in total. The van der Waals surface area contributed by atoms with Crippen LogP contribution in [0.1, 0.15) is 25.8 Å². The zero-order chi connectivity index (χ0) is 12.8. The second-order valence-electron chi connectivity index (χ2n) is 4.68. The first-order valence-electron chi connectivity index (χ1n) is 6.07. The average molecular weight is 300 g/mol. The molecule has 0 bridgehead atoms. The van der Waals surface area contributed by atoms with Crippen LogP contribution in [-0.4, -0.2) is 25.6 Å². The average Bonchev–Trinajstić information content (AvgIpc) is 2.29. The predicted octanol–water partition coefficient (Wildman–Crippen LogP) is 3.94. The molecule has 0 saturated carbocycles. The normalized spacial score (nSPS) is 12.8. The lowest BCUT2D eigenvalue weighted by Gasteiger charge is -2.20. The lowest BCUT2D eigenvalue weighted by Crippen LogP contribution is -2.23. The monoisotopic (exact) mass is 299 g/mol. The second-order valence-corrected chi connectivity index (χ2v) is 5.53. The van der Waals surface area contributed by atoms with Crippen LogP contribution in [0.2, 0.25) is 0 Å². The molecule has 0 saturated heterocycles. The van der Waals surface area contributed by atoms with Crippen molar-refractivity contribution in [3.63, 3.8) is 0 Å². The van der Waals surface area contributed by atoms with Gasteiger partial charge < -0.3 is 9.64 Å². The fraction of sp³-hybridized carbons (Fsp3) is 0.571. The quantitative estimate of drug-likeness (QED) is 0.789. The first-order chi connectivity index (χ1) is 8.06. The van der Waals surface area contributed by atoms with E-state index >= 15 is 0 Å². The van der Waals surface area contributed by atoms with Gasteiger partial charge in [0.2, 0.25) is 0 Å². The Kier molecular flexibility index (Phi) is 6.00. The van der Waals surface area contributed by atoms with Crippen molar-refractivity contribution in [2.45, 2.75) is 26.8 Å². The van der Waals surface area contributed by atoms with Gasteiger partial charge in [-0.3, -0.25) is 0 Å². The second kappa shape index (κ2) is 7.02. The van der Waals surface area contributed by atoms with E-state index in [0.717, 1.165) is 29.2 Å². The topological polar surface area (TPSA) is 12.5 Å². The summed E-state index contributed by atoms with van der Waals surface area (Å²) in [6.45, 7) is 6.65. The highest BCUT2D eigenvalue weighted by Crippen LogP contribution is 2.26. The van der Waals surface area contributed by atoms with Crippen LogP contribution in [0.3, 0.4) is 0 Å². The van der Waals surface area contributed by atoms with Crippen molar-refractivity contribution >= 4 is 15.9 Å². The molecule has 0 amide bonds. The highest BCUT2D eigenvalue weighted by molar-refractivity contribution is 9.10. The van der Waals surface area contributed by atoms with Gasteiger partial charge in [-0.2, -0.15) is 0 Å². The minimum atomic E-state index is 0.752. The van der Waals surface area contributed by atoms with Crippen molar-refractivity contribution in [2.24, 2.45) is 5.92 Å². The van der Waals surface area contributed by atoms with E-state index in [4.69, 9.17) is 4.74 Å². The fourth-order valence-corrected chi connectivity index (χ4v) is 2.43. The van der Waals surface area contributed by atoms with E-state index < -0.39 is 0 Å². The molecular formula is C14H22BrNO.